The van der Waals surface area contributed by atoms with E-state index in [1.54, 1.807) is 0 Å². The molecule has 0 aliphatic rings. The Bertz CT molecular complexity index is 727. The van der Waals surface area contributed by atoms with Gasteiger partial charge in [0.05, 0.1) is 5.75 Å². The smallest absolute Gasteiger partial charge is 0.238 e. The van der Waals surface area contributed by atoms with Gasteiger partial charge in [0.15, 0.2) is 9.84 Å². The van der Waals surface area contributed by atoms with Gasteiger partial charge in [0.25, 0.3) is 0 Å². The molecule has 1 aromatic carbocycles. The van der Waals surface area contributed by atoms with E-state index in [4.69, 9.17) is 0 Å². The Morgan fingerprint density at radius 1 is 1.04 bits per heavy atom. The van der Waals surface area contributed by atoms with Gasteiger partial charge in [0.2, 0.25) is 5.91 Å². The van der Waals surface area contributed by atoms with Crippen LogP contribution in [0.1, 0.15) is 70.7 Å². The summed E-state index contributed by atoms with van der Waals surface area (Å²) < 4.78 is 25.5. The Hall–Kier alpha value is -1.36. The second-order valence-corrected chi connectivity index (χ2v) is 11.3. The standard InChI is InChI=1S/C20H33NO3S/c1-13-10-16(19(4,5)6)11-14(2)17(13)12-25(23,24)15(3)18(22)21-20(7,8)9/h10-11,15H,12H2,1-9H3,(H,21,22). The highest BCUT2D eigenvalue weighted by Crippen LogP contribution is 2.28. The van der Waals surface area contributed by atoms with Gasteiger partial charge in [-0.15, -0.1) is 0 Å². The molecule has 0 aliphatic heterocycles. The molecule has 1 unspecified atom stereocenters. The number of hydrogen-bond acceptors (Lipinski definition) is 3. The summed E-state index contributed by atoms with van der Waals surface area (Å²) >= 11 is 0. The number of amides is 1. The molecule has 4 nitrogen and oxygen atoms in total. The summed E-state index contributed by atoms with van der Waals surface area (Å²) in [5.74, 6) is -0.567. The fraction of sp³-hybridized carbons (Fsp3) is 0.650. The molecule has 0 radical (unpaired) electrons. The molecule has 5 heteroatoms. The van der Waals surface area contributed by atoms with E-state index >= 15 is 0 Å². The molecule has 1 amide bonds. The Balaban J connectivity index is 3.14. The molecule has 1 aromatic rings. The van der Waals surface area contributed by atoms with Crippen LogP contribution in [-0.2, 0) is 25.8 Å². The van der Waals surface area contributed by atoms with Crippen molar-refractivity contribution in [3.8, 4) is 0 Å². The first-order valence-electron chi connectivity index (χ1n) is 8.69. The van der Waals surface area contributed by atoms with Gasteiger partial charge in [-0.3, -0.25) is 4.79 Å². The normalized spacial score (nSPS) is 14.3. The molecule has 0 fully saturated rings. The first-order valence-corrected chi connectivity index (χ1v) is 10.4. The summed E-state index contributed by atoms with van der Waals surface area (Å²) in [6, 6.07) is 4.11. The number of carbonyl (C=O) groups is 1. The molecular formula is C20H33NO3S. The van der Waals surface area contributed by atoms with E-state index in [2.05, 4.69) is 38.2 Å². The van der Waals surface area contributed by atoms with Gasteiger partial charge in [0, 0.05) is 5.54 Å². The highest BCUT2D eigenvalue weighted by molar-refractivity contribution is 7.92. The van der Waals surface area contributed by atoms with Crippen molar-refractivity contribution in [2.45, 2.75) is 84.3 Å². The predicted octanol–water partition coefficient (Wildman–Crippen LogP) is 3.82. The van der Waals surface area contributed by atoms with Crippen molar-refractivity contribution in [1.82, 2.24) is 5.32 Å². The van der Waals surface area contributed by atoms with Crippen LogP contribution >= 0.6 is 0 Å². The molecule has 0 spiro atoms. The number of hydrogen-bond donors (Lipinski definition) is 1. The molecule has 0 aromatic heterocycles. The third-order valence-electron chi connectivity index (χ3n) is 4.31. The van der Waals surface area contributed by atoms with Crippen LogP contribution in [0, 0.1) is 13.8 Å². The Morgan fingerprint density at radius 2 is 1.48 bits per heavy atom. The molecule has 1 N–H and O–H groups in total. The van der Waals surface area contributed by atoms with Crippen molar-refractivity contribution in [2.24, 2.45) is 0 Å². The largest absolute Gasteiger partial charge is 0.350 e. The monoisotopic (exact) mass is 367 g/mol. The first-order chi connectivity index (χ1) is 11.0. The summed E-state index contributed by atoms with van der Waals surface area (Å²) in [5.41, 5.74) is 3.44. The molecule has 1 atom stereocenters. The third-order valence-corrected chi connectivity index (χ3v) is 6.30. The van der Waals surface area contributed by atoms with Gasteiger partial charge in [-0.1, -0.05) is 32.9 Å². The minimum absolute atomic E-state index is 0.00676. The molecule has 142 valence electrons. The first kappa shape index (κ1) is 21.7. The lowest BCUT2D eigenvalue weighted by Crippen LogP contribution is -2.47. The van der Waals surface area contributed by atoms with E-state index in [1.807, 2.05) is 34.6 Å². The Kier molecular flexibility index (Phi) is 6.16. The maximum Gasteiger partial charge on any atom is 0.238 e. The third kappa shape index (κ3) is 5.84. The van der Waals surface area contributed by atoms with Gasteiger partial charge in [0.1, 0.15) is 5.25 Å². The summed E-state index contributed by atoms with van der Waals surface area (Å²) in [4.78, 5) is 12.3. The van der Waals surface area contributed by atoms with Crippen LogP contribution in [0.15, 0.2) is 12.1 Å². The van der Waals surface area contributed by atoms with E-state index < -0.39 is 26.5 Å². The zero-order chi connectivity index (χ0) is 19.8. The minimum Gasteiger partial charge on any atom is -0.350 e. The van der Waals surface area contributed by atoms with E-state index in [-0.39, 0.29) is 11.2 Å². The molecule has 0 saturated carbocycles. The van der Waals surface area contributed by atoms with Crippen LogP contribution in [0.25, 0.3) is 0 Å². The number of sulfone groups is 1. The zero-order valence-electron chi connectivity index (χ0n) is 17.1. The van der Waals surface area contributed by atoms with Gasteiger partial charge < -0.3 is 5.32 Å². The zero-order valence-corrected chi connectivity index (χ0v) is 17.9. The fourth-order valence-electron chi connectivity index (χ4n) is 2.61. The molecule has 0 heterocycles. The Labute approximate surface area is 153 Å². The highest BCUT2D eigenvalue weighted by atomic mass is 32.2. The van der Waals surface area contributed by atoms with Crippen molar-refractivity contribution in [1.29, 1.82) is 0 Å². The lowest BCUT2D eigenvalue weighted by atomic mass is 9.84. The van der Waals surface area contributed by atoms with Gasteiger partial charge in [-0.25, -0.2) is 8.42 Å². The van der Waals surface area contributed by atoms with Gasteiger partial charge in [-0.2, -0.15) is 0 Å². The van der Waals surface area contributed by atoms with Crippen LogP contribution in [0.4, 0.5) is 0 Å². The lowest BCUT2D eigenvalue weighted by molar-refractivity contribution is -0.121. The van der Waals surface area contributed by atoms with E-state index in [0.29, 0.717) is 0 Å². The summed E-state index contributed by atoms with van der Waals surface area (Å²) in [7, 11) is -3.59. The summed E-state index contributed by atoms with van der Waals surface area (Å²) in [6.45, 7) is 17.3. The molecule has 1 rings (SSSR count). The summed E-state index contributed by atoms with van der Waals surface area (Å²) in [5, 5.41) is 1.67. The number of rotatable bonds is 4. The number of nitrogens with one attached hydrogen (secondary N) is 1. The second-order valence-electron chi connectivity index (χ2n) is 9.03. The molecule has 0 aliphatic carbocycles. The highest BCUT2D eigenvalue weighted by Gasteiger charge is 2.31. The molecular weight excluding hydrogens is 334 g/mol. The van der Waals surface area contributed by atoms with E-state index in [1.165, 1.54) is 12.5 Å². The van der Waals surface area contributed by atoms with Crippen molar-refractivity contribution in [2.75, 3.05) is 0 Å². The van der Waals surface area contributed by atoms with Crippen molar-refractivity contribution in [3.05, 3.63) is 34.4 Å². The topological polar surface area (TPSA) is 63.2 Å². The van der Waals surface area contributed by atoms with Crippen molar-refractivity contribution in [3.63, 3.8) is 0 Å². The van der Waals surface area contributed by atoms with E-state index in [9.17, 15) is 13.2 Å². The summed E-state index contributed by atoms with van der Waals surface area (Å²) in [6.07, 6.45) is 0. The average Bonchev–Trinajstić information content (AvgIpc) is 2.38. The van der Waals surface area contributed by atoms with Crippen LogP contribution in [0.3, 0.4) is 0 Å². The second kappa shape index (κ2) is 7.10. The van der Waals surface area contributed by atoms with Crippen LogP contribution < -0.4 is 5.32 Å². The van der Waals surface area contributed by atoms with Gasteiger partial charge >= 0.3 is 0 Å². The lowest BCUT2D eigenvalue weighted by Gasteiger charge is -2.24. The quantitative estimate of drug-likeness (QED) is 0.880. The van der Waals surface area contributed by atoms with Gasteiger partial charge in [-0.05, 0) is 69.2 Å². The Morgan fingerprint density at radius 3 is 1.84 bits per heavy atom. The van der Waals surface area contributed by atoms with E-state index in [0.717, 1.165) is 16.7 Å². The van der Waals surface area contributed by atoms with Crippen molar-refractivity contribution >= 4 is 15.7 Å². The SMILES string of the molecule is Cc1cc(C(C)(C)C)cc(C)c1CS(=O)(=O)C(C)C(=O)NC(C)(C)C. The number of aryl methyl sites for hydroxylation is 2. The molecule has 25 heavy (non-hydrogen) atoms. The van der Waals surface area contributed by atoms with Crippen LogP contribution in [0.2, 0.25) is 0 Å². The predicted molar refractivity (Wildman–Crippen MR) is 105 cm³/mol. The molecule has 0 bridgehead atoms. The van der Waals surface area contributed by atoms with Crippen LogP contribution in [-0.4, -0.2) is 25.1 Å². The maximum absolute atomic E-state index is 12.8. The minimum atomic E-state index is -3.59. The fourth-order valence-corrected chi connectivity index (χ4v) is 4.11. The maximum atomic E-state index is 12.8. The van der Waals surface area contributed by atoms with Crippen molar-refractivity contribution < 1.29 is 13.2 Å². The average molecular weight is 368 g/mol. The number of benzene rings is 1. The number of carbonyl (C=O) groups excluding carboxylic acids is 1. The van der Waals surface area contributed by atoms with Crippen LogP contribution in [0.5, 0.6) is 0 Å². The molecule has 0 saturated heterocycles.